The van der Waals surface area contributed by atoms with E-state index in [2.05, 4.69) is 10.6 Å². The number of hydrogen-bond acceptors (Lipinski definition) is 7. The molecular weight excluding hydrogens is 378 g/mol. The molecule has 0 fully saturated rings. The van der Waals surface area contributed by atoms with E-state index in [0.717, 1.165) is 11.6 Å². The SMILES string of the molecule is COCCNc1ccc(C(=O)OCC(=O)N[C@H](C)c2ccccc2)cc1[N+](=O)[O-]. The van der Waals surface area contributed by atoms with Gasteiger partial charge in [0, 0.05) is 19.7 Å². The first-order valence-electron chi connectivity index (χ1n) is 8.95. The second-order valence-electron chi connectivity index (χ2n) is 6.18. The number of rotatable bonds is 10. The van der Waals surface area contributed by atoms with Gasteiger partial charge in [-0.05, 0) is 24.6 Å². The quantitative estimate of drug-likeness (QED) is 0.272. The van der Waals surface area contributed by atoms with Crippen molar-refractivity contribution in [2.45, 2.75) is 13.0 Å². The normalized spacial score (nSPS) is 11.4. The van der Waals surface area contributed by atoms with Gasteiger partial charge >= 0.3 is 5.97 Å². The number of nitro groups is 1. The monoisotopic (exact) mass is 401 g/mol. The molecule has 1 amide bonds. The smallest absolute Gasteiger partial charge is 0.338 e. The van der Waals surface area contributed by atoms with E-state index in [1.807, 2.05) is 37.3 Å². The number of nitrogens with zero attached hydrogens (tertiary/aromatic N) is 1. The van der Waals surface area contributed by atoms with Crippen LogP contribution in [-0.2, 0) is 14.3 Å². The molecule has 0 aliphatic rings. The summed E-state index contributed by atoms with van der Waals surface area (Å²) in [6.45, 7) is 2.07. The molecule has 2 aromatic rings. The molecule has 0 radical (unpaired) electrons. The predicted octanol–water partition coefficient (Wildman–Crippen LogP) is 2.69. The molecule has 2 aromatic carbocycles. The lowest BCUT2D eigenvalue weighted by Crippen LogP contribution is -2.31. The standard InChI is InChI=1S/C20H23N3O6/c1-14(15-6-4-3-5-7-15)22-19(24)13-29-20(25)16-8-9-17(21-10-11-28-2)18(12-16)23(26)27/h3-9,12,14,21H,10-11,13H2,1-2H3,(H,22,24)/t14-/m1/s1. The van der Waals surface area contributed by atoms with Crippen molar-refractivity contribution in [3.8, 4) is 0 Å². The van der Waals surface area contributed by atoms with Crippen molar-refractivity contribution in [3.63, 3.8) is 0 Å². The van der Waals surface area contributed by atoms with Crippen LogP contribution >= 0.6 is 0 Å². The number of esters is 1. The molecule has 154 valence electrons. The van der Waals surface area contributed by atoms with Crippen molar-refractivity contribution in [1.29, 1.82) is 0 Å². The number of nitro benzene ring substituents is 1. The van der Waals surface area contributed by atoms with E-state index in [-0.39, 0.29) is 23.0 Å². The highest BCUT2D eigenvalue weighted by atomic mass is 16.6. The minimum absolute atomic E-state index is 0.0158. The third-order valence-corrected chi connectivity index (χ3v) is 4.06. The molecule has 0 heterocycles. The number of hydrogen-bond donors (Lipinski definition) is 2. The lowest BCUT2D eigenvalue weighted by atomic mass is 10.1. The molecule has 29 heavy (non-hydrogen) atoms. The third-order valence-electron chi connectivity index (χ3n) is 4.06. The van der Waals surface area contributed by atoms with Gasteiger partial charge in [-0.2, -0.15) is 0 Å². The van der Waals surface area contributed by atoms with Crippen LogP contribution in [0.2, 0.25) is 0 Å². The van der Waals surface area contributed by atoms with Gasteiger partial charge in [-0.15, -0.1) is 0 Å². The Morgan fingerprint density at radius 1 is 1.17 bits per heavy atom. The largest absolute Gasteiger partial charge is 0.452 e. The van der Waals surface area contributed by atoms with Gasteiger partial charge in [0.05, 0.1) is 23.1 Å². The Bertz CT molecular complexity index is 857. The van der Waals surface area contributed by atoms with Crippen LogP contribution in [0.25, 0.3) is 0 Å². The van der Waals surface area contributed by atoms with Crippen LogP contribution in [0.5, 0.6) is 0 Å². The fourth-order valence-electron chi connectivity index (χ4n) is 2.57. The van der Waals surface area contributed by atoms with Crippen LogP contribution in [0, 0.1) is 10.1 Å². The van der Waals surface area contributed by atoms with Crippen LogP contribution in [0.3, 0.4) is 0 Å². The zero-order valence-corrected chi connectivity index (χ0v) is 16.2. The molecule has 0 aliphatic heterocycles. The Hall–Kier alpha value is -3.46. The fourth-order valence-corrected chi connectivity index (χ4v) is 2.57. The highest BCUT2D eigenvalue weighted by Crippen LogP contribution is 2.25. The Balaban J connectivity index is 1.95. The van der Waals surface area contributed by atoms with E-state index in [0.29, 0.717) is 13.2 Å². The molecule has 0 spiro atoms. The average molecular weight is 401 g/mol. The van der Waals surface area contributed by atoms with Crippen molar-refractivity contribution in [1.82, 2.24) is 5.32 Å². The zero-order chi connectivity index (χ0) is 21.2. The number of benzene rings is 2. The van der Waals surface area contributed by atoms with E-state index < -0.39 is 23.4 Å². The molecule has 1 atom stereocenters. The second kappa shape index (κ2) is 10.8. The number of anilines is 1. The summed E-state index contributed by atoms with van der Waals surface area (Å²) in [5.41, 5.74) is 0.896. The van der Waals surface area contributed by atoms with Gasteiger partial charge in [-0.25, -0.2) is 4.79 Å². The highest BCUT2D eigenvalue weighted by molar-refractivity contribution is 5.93. The maximum atomic E-state index is 12.2. The number of methoxy groups -OCH3 is 1. The summed E-state index contributed by atoms with van der Waals surface area (Å²) in [6, 6.07) is 13.0. The molecule has 2 N–H and O–H groups in total. The van der Waals surface area contributed by atoms with Gasteiger partial charge in [0.1, 0.15) is 5.69 Å². The van der Waals surface area contributed by atoms with Crippen LogP contribution in [0.1, 0.15) is 28.9 Å². The number of nitrogens with one attached hydrogen (secondary N) is 2. The van der Waals surface area contributed by atoms with Crippen LogP contribution in [0.4, 0.5) is 11.4 Å². The summed E-state index contributed by atoms with van der Waals surface area (Å²) in [7, 11) is 1.52. The van der Waals surface area contributed by atoms with E-state index >= 15 is 0 Å². The molecule has 9 heteroatoms. The first-order chi connectivity index (χ1) is 13.9. The van der Waals surface area contributed by atoms with Gasteiger partial charge in [-0.3, -0.25) is 14.9 Å². The van der Waals surface area contributed by atoms with Gasteiger partial charge < -0.3 is 20.1 Å². The summed E-state index contributed by atoms with van der Waals surface area (Å²) < 4.78 is 9.88. The number of carbonyl (C=O) groups excluding carboxylic acids is 2. The van der Waals surface area contributed by atoms with Gasteiger partial charge in [0.25, 0.3) is 11.6 Å². The van der Waals surface area contributed by atoms with Gasteiger partial charge in [0.15, 0.2) is 6.61 Å². The van der Waals surface area contributed by atoms with Crippen LogP contribution in [-0.4, -0.2) is 43.7 Å². The third kappa shape index (κ3) is 6.58. The minimum atomic E-state index is -0.820. The molecule has 9 nitrogen and oxygen atoms in total. The van der Waals surface area contributed by atoms with Crippen LogP contribution < -0.4 is 10.6 Å². The van der Waals surface area contributed by atoms with Gasteiger partial charge in [0.2, 0.25) is 0 Å². The Labute approximate surface area is 168 Å². The summed E-state index contributed by atoms with van der Waals surface area (Å²) >= 11 is 0. The average Bonchev–Trinajstić information content (AvgIpc) is 2.72. The predicted molar refractivity (Wildman–Crippen MR) is 107 cm³/mol. The second-order valence-corrected chi connectivity index (χ2v) is 6.18. The summed E-state index contributed by atoms with van der Waals surface area (Å²) in [4.78, 5) is 34.9. The molecule has 0 bridgehead atoms. The summed E-state index contributed by atoms with van der Waals surface area (Å²) in [5, 5.41) is 16.9. The van der Waals surface area contributed by atoms with Crippen molar-refractivity contribution < 1.29 is 24.0 Å². The van der Waals surface area contributed by atoms with E-state index in [4.69, 9.17) is 9.47 Å². The van der Waals surface area contributed by atoms with Crippen molar-refractivity contribution >= 4 is 23.3 Å². The lowest BCUT2D eigenvalue weighted by Gasteiger charge is -2.14. The van der Waals surface area contributed by atoms with Crippen molar-refractivity contribution in [2.24, 2.45) is 0 Å². The zero-order valence-electron chi connectivity index (χ0n) is 16.2. The first-order valence-corrected chi connectivity index (χ1v) is 8.95. The summed E-state index contributed by atoms with van der Waals surface area (Å²) in [6.07, 6.45) is 0. The Morgan fingerprint density at radius 2 is 1.90 bits per heavy atom. The maximum Gasteiger partial charge on any atom is 0.338 e. The molecule has 0 aromatic heterocycles. The van der Waals surface area contributed by atoms with Crippen molar-refractivity contribution in [3.05, 3.63) is 69.8 Å². The fraction of sp³-hybridized carbons (Fsp3) is 0.300. The molecule has 0 saturated heterocycles. The number of amides is 1. The van der Waals surface area contributed by atoms with Gasteiger partial charge in [-0.1, -0.05) is 30.3 Å². The Kier molecular flexibility index (Phi) is 8.11. The Morgan fingerprint density at radius 3 is 2.55 bits per heavy atom. The molecule has 0 aliphatic carbocycles. The highest BCUT2D eigenvalue weighted by Gasteiger charge is 2.19. The van der Waals surface area contributed by atoms with E-state index in [1.165, 1.54) is 19.2 Å². The maximum absolute atomic E-state index is 12.2. The molecule has 0 saturated carbocycles. The van der Waals surface area contributed by atoms with E-state index in [9.17, 15) is 19.7 Å². The van der Waals surface area contributed by atoms with E-state index in [1.54, 1.807) is 0 Å². The number of carbonyl (C=O) groups is 2. The van der Waals surface area contributed by atoms with Crippen LogP contribution in [0.15, 0.2) is 48.5 Å². The molecular formula is C20H23N3O6. The summed E-state index contributed by atoms with van der Waals surface area (Å²) in [5.74, 6) is -1.29. The first kappa shape index (κ1) is 21.8. The van der Waals surface area contributed by atoms with Crippen molar-refractivity contribution in [2.75, 3.05) is 32.2 Å². The minimum Gasteiger partial charge on any atom is -0.452 e. The lowest BCUT2D eigenvalue weighted by molar-refractivity contribution is -0.384. The molecule has 0 unspecified atom stereocenters. The topological polar surface area (TPSA) is 120 Å². The number of ether oxygens (including phenoxy) is 2. The molecule has 2 rings (SSSR count).